The number of nitrogens with one attached hydrogen (secondary N) is 2. The lowest BCUT2D eigenvalue weighted by Crippen LogP contribution is -2.25. The first-order valence-corrected chi connectivity index (χ1v) is 10.9. The summed E-state index contributed by atoms with van der Waals surface area (Å²) >= 11 is 0. The number of hydrogen-bond donors (Lipinski definition) is 2. The van der Waals surface area contributed by atoms with Gasteiger partial charge in [-0.15, -0.1) is 0 Å². The predicted molar refractivity (Wildman–Crippen MR) is 116 cm³/mol. The summed E-state index contributed by atoms with van der Waals surface area (Å²) < 4.78 is 48.2. The van der Waals surface area contributed by atoms with E-state index in [4.69, 9.17) is 4.42 Å². The third kappa shape index (κ3) is 4.48. The minimum atomic E-state index is -4.67. The van der Waals surface area contributed by atoms with Gasteiger partial charge in [-0.25, -0.2) is 9.50 Å². The second-order valence-electron chi connectivity index (χ2n) is 8.10. The van der Waals surface area contributed by atoms with E-state index in [9.17, 15) is 22.8 Å². The van der Waals surface area contributed by atoms with Crippen LogP contribution < -0.4 is 10.6 Å². The Morgan fingerprint density at radius 2 is 2.06 bits per heavy atom. The number of amides is 2. The highest BCUT2D eigenvalue weighted by molar-refractivity contribution is 6.10. The van der Waals surface area contributed by atoms with Crippen LogP contribution in [0.3, 0.4) is 0 Å². The van der Waals surface area contributed by atoms with Gasteiger partial charge in [0.15, 0.2) is 11.3 Å². The van der Waals surface area contributed by atoms with Crippen molar-refractivity contribution in [1.82, 2.24) is 29.7 Å². The van der Waals surface area contributed by atoms with Crippen molar-refractivity contribution in [3.8, 4) is 0 Å². The van der Waals surface area contributed by atoms with Gasteiger partial charge in [0.1, 0.15) is 17.0 Å². The van der Waals surface area contributed by atoms with Crippen molar-refractivity contribution < 1.29 is 27.2 Å². The molecule has 4 aromatic rings. The molecule has 0 spiro atoms. The van der Waals surface area contributed by atoms with Crippen LogP contribution in [-0.4, -0.2) is 36.2 Å². The summed E-state index contributed by atoms with van der Waals surface area (Å²) in [5.41, 5.74) is -1.03. The molecule has 182 valence electrons. The SMILES string of the molecule is CCn1cc(NC(=O)c2cnn3c(C(F)(F)F)cc(C4CC4)nc23)c(C(=O)NCc2ccco2)n1. The average molecular weight is 487 g/mol. The van der Waals surface area contributed by atoms with E-state index in [0.717, 1.165) is 25.1 Å². The van der Waals surface area contributed by atoms with Crippen molar-refractivity contribution in [3.05, 3.63) is 65.3 Å². The Hall–Kier alpha value is -4.16. The van der Waals surface area contributed by atoms with Gasteiger partial charge in [0.05, 0.1) is 24.7 Å². The molecule has 1 aliphatic carbocycles. The fourth-order valence-corrected chi connectivity index (χ4v) is 3.63. The number of nitrogens with zero attached hydrogens (tertiary/aromatic N) is 5. The third-order valence-corrected chi connectivity index (χ3v) is 5.57. The van der Waals surface area contributed by atoms with Crippen molar-refractivity contribution in [2.75, 3.05) is 5.32 Å². The average Bonchev–Trinajstić information content (AvgIpc) is 3.21. The lowest BCUT2D eigenvalue weighted by molar-refractivity contribution is -0.142. The Labute approximate surface area is 196 Å². The van der Waals surface area contributed by atoms with Gasteiger partial charge in [-0.2, -0.15) is 23.4 Å². The number of aromatic nitrogens is 5. The smallest absolute Gasteiger partial charge is 0.433 e. The van der Waals surface area contributed by atoms with Crippen LogP contribution in [0.4, 0.5) is 18.9 Å². The summed E-state index contributed by atoms with van der Waals surface area (Å²) in [6.07, 6.45) is 0.778. The van der Waals surface area contributed by atoms with Gasteiger partial charge in [-0.1, -0.05) is 0 Å². The molecule has 5 rings (SSSR count). The monoisotopic (exact) mass is 487 g/mol. The molecular formula is C22H20F3N7O3. The first-order valence-electron chi connectivity index (χ1n) is 10.9. The van der Waals surface area contributed by atoms with Crippen LogP contribution in [0.2, 0.25) is 0 Å². The van der Waals surface area contributed by atoms with Crippen molar-refractivity contribution in [2.45, 2.75) is 44.9 Å². The van der Waals surface area contributed by atoms with E-state index in [-0.39, 0.29) is 40.7 Å². The minimum absolute atomic E-state index is 0.0501. The van der Waals surface area contributed by atoms with Crippen molar-refractivity contribution in [1.29, 1.82) is 0 Å². The Bertz CT molecular complexity index is 1400. The molecule has 4 aromatic heterocycles. The number of carbonyl (C=O) groups excluding carboxylic acids is 2. The molecule has 4 heterocycles. The number of furan rings is 1. The first-order chi connectivity index (χ1) is 16.7. The molecule has 10 nitrogen and oxygen atoms in total. The standard InChI is InChI=1S/C22H20F3N7O3/c1-2-31-11-16(18(30-31)21(34)26-9-13-4-3-7-35-13)29-20(33)14-10-27-32-17(22(23,24)25)8-15(12-5-6-12)28-19(14)32/h3-4,7-8,10-12H,2,5-6,9H2,1H3,(H,26,34)(H,29,33). The summed E-state index contributed by atoms with van der Waals surface area (Å²) in [6, 6.07) is 4.35. The molecule has 0 atom stereocenters. The molecular weight excluding hydrogens is 467 g/mol. The summed E-state index contributed by atoms with van der Waals surface area (Å²) in [4.78, 5) is 30.1. The van der Waals surface area contributed by atoms with Gasteiger partial charge < -0.3 is 15.1 Å². The highest BCUT2D eigenvalue weighted by Gasteiger charge is 2.38. The number of carbonyl (C=O) groups is 2. The number of halogens is 3. The number of alkyl halides is 3. The second kappa shape index (κ2) is 8.56. The van der Waals surface area contributed by atoms with Gasteiger partial charge in [0, 0.05) is 24.4 Å². The molecule has 0 aliphatic heterocycles. The number of anilines is 1. The minimum Gasteiger partial charge on any atom is -0.467 e. The predicted octanol–water partition coefficient (Wildman–Crippen LogP) is 3.62. The van der Waals surface area contributed by atoms with E-state index in [1.807, 2.05) is 0 Å². The van der Waals surface area contributed by atoms with Crippen LogP contribution in [0.25, 0.3) is 5.65 Å². The highest BCUT2D eigenvalue weighted by Crippen LogP contribution is 2.41. The molecule has 1 saturated carbocycles. The van der Waals surface area contributed by atoms with Crippen LogP contribution >= 0.6 is 0 Å². The molecule has 1 aliphatic rings. The van der Waals surface area contributed by atoms with Crippen molar-refractivity contribution in [2.24, 2.45) is 0 Å². The van der Waals surface area contributed by atoms with Crippen LogP contribution in [0.5, 0.6) is 0 Å². The van der Waals surface area contributed by atoms with Gasteiger partial charge >= 0.3 is 6.18 Å². The van der Waals surface area contributed by atoms with Gasteiger partial charge in [0.25, 0.3) is 11.8 Å². The maximum atomic E-state index is 13.6. The number of hydrogen-bond acceptors (Lipinski definition) is 6. The van der Waals surface area contributed by atoms with Gasteiger partial charge in [-0.3, -0.25) is 14.3 Å². The number of fused-ring (bicyclic) bond motifs is 1. The van der Waals surface area contributed by atoms with E-state index in [2.05, 4.69) is 25.8 Å². The van der Waals surface area contributed by atoms with E-state index in [1.54, 1.807) is 19.1 Å². The molecule has 35 heavy (non-hydrogen) atoms. The fraction of sp³-hybridized carbons (Fsp3) is 0.318. The van der Waals surface area contributed by atoms with Crippen LogP contribution in [0.1, 0.15) is 63.7 Å². The normalized spacial score (nSPS) is 13.8. The molecule has 2 N–H and O–H groups in total. The lowest BCUT2D eigenvalue weighted by Gasteiger charge is -2.11. The molecule has 0 unspecified atom stereocenters. The molecule has 13 heteroatoms. The van der Waals surface area contributed by atoms with E-state index >= 15 is 0 Å². The zero-order chi connectivity index (χ0) is 24.7. The van der Waals surface area contributed by atoms with Crippen molar-refractivity contribution in [3.63, 3.8) is 0 Å². The fourth-order valence-electron chi connectivity index (χ4n) is 3.63. The maximum absolute atomic E-state index is 13.6. The Kier molecular flexibility index (Phi) is 5.53. The third-order valence-electron chi connectivity index (χ3n) is 5.57. The van der Waals surface area contributed by atoms with Crippen LogP contribution in [0.15, 0.2) is 41.3 Å². The van der Waals surface area contributed by atoms with E-state index in [1.165, 1.54) is 17.1 Å². The van der Waals surface area contributed by atoms with Gasteiger partial charge in [-0.05, 0) is 38.0 Å². The summed E-state index contributed by atoms with van der Waals surface area (Å²) in [5, 5.41) is 13.2. The quantitative estimate of drug-likeness (QED) is 0.411. The summed E-state index contributed by atoms with van der Waals surface area (Å²) in [6.45, 7) is 2.34. The highest BCUT2D eigenvalue weighted by atomic mass is 19.4. The summed E-state index contributed by atoms with van der Waals surface area (Å²) in [5.74, 6) is -0.857. The molecule has 0 saturated heterocycles. The first kappa shape index (κ1) is 22.6. The molecule has 0 radical (unpaired) electrons. The largest absolute Gasteiger partial charge is 0.467 e. The molecule has 1 fully saturated rings. The van der Waals surface area contributed by atoms with Gasteiger partial charge in [0.2, 0.25) is 0 Å². The lowest BCUT2D eigenvalue weighted by atomic mass is 10.2. The maximum Gasteiger partial charge on any atom is 0.433 e. The molecule has 2 amide bonds. The van der Waals surface area contributed by atoms with Crippen LogP contribution in [0, 0.1) is 0 Å². The number of rotatable bonds is 7. The Morgan fingerprint density at radius 3 is 2.71 bits per heavy atom. The Balaban J connectivity index is 1.45. The van der Waals surface area contributed by atoms with E-state index in [0.29, 0.717) is 16.8 Å². The Morgan fingerprint density at radius 1 is 1.26 bits per heavy atom. The summed E-state index contributed by atoms with van der Waals surface area (Å²) in [7, 11) is 0. The zero-order valence-corrected chi connectivity index (χ0v) is 18.5. The second-order valence-corrected chi connectivity index (χ2v) is 8.10. The number of aryl methyl sites for hydroxylation is 1. The topological polar surface area (TPSA) is 119 Å². The van der Waals surface area contributed by atoms with E-state index < -0.39 is 23.7 Å². The van der Waals surface area contributed by atoms with Crippen molar-refractivity contribution >= 4 is 23.1 Å². The van der Waals surface area contributed by atoms with Crippen LogP contribution in [-0.2, 0) is 19.3 Å². The molecule has 0 bridgehead atoms. The molecule has 0 aromatic carbocycles. The zero-order valence-electron chi connectivity index (χ0n) is 18.5.